The third-order valence-corrected chi connectivity index (χ3v) is 6.36. The normalized spacial score (nSPS) is 36.8. The number of urea groups is 1. The van der Waals surface area contributed by atoms with Crippen LogP contribution in [0.3, 0.4) is 0 Å². The molecule has 4 fully saturated rings. The first-order chi connectivity index (χ1) is 12.8. The van der Waals surface area contributed by atoms with E-state index in [2.05, 4.69) is 20.4 Å². The lowest BCUT2D eigenvalue weighted by molar-refractivity contribution is -0.0533. The highest BCUT2D eigenvalue weighted by Gasteiger charge is 2.41. The van der Waals surface area contributed by atoms with Crippen molar-refractivity contribution in [3.8, 4) is 0 Å². The number of nitrogens with one attached hydrogen (secondary N) is 2. The second kappa shape index (κ2) is 8.87. The van der Waals surface area contributed by atoms with Gasteiger partial charge in [-0.05, 0) is 38.5 Å². The lowest BCUT2D eigenvalue weighted by Gasteiger charge is -2.47. The molecule has 4 rings (SSSR count). The van der Waals surface area contributed by atoms with E-state index >= 15 is 0 Å². The van der Waals surface area contributed by atoms with Gasteiger partial charge in [0.2, 0.25) is 0 Å². The minimum atomic E-state index is 0.129. The molecule has 0 radical (unpaired) electrons. The van der Waals surface area contributed by atoms with E-state index in [0.717, 1.165) is 78.2 Å². The second-order valence-corrected chi connectivity index (χ2v) is 8.02. The van der Waals surface area contributed by atoms with Gasteiger partial charge in [0.25, 0.3) is 0 Å². The summed E-state index contributed by atoms with van der Waals surface area (Å²) in [5, 5.41) is 6.85. The zero-order valence-electron chi connectivity index (χ0n) is 15.8. The maximum atomic E-state index is 13.6. The van der Waals surface area contributed by atoms with Crippen molar-refractivity contribution in [2.45, 2.75) is 62.8 Å². The average molecular weight is 367 g/mol. The van der Waals surface area contributed by atoms with Crippen molar-refractivity contribution in [1.29, 1.82) is 0 Å². The fraction of sp³-hybridized carbons (Fsp3) is 0.947. The topological polar surface area (TPSA) is 66.1 Å². The molecule has 4 saturated heterocycles. The number of morpholine rings is 2. The van der Waals surface area contributed by atoms with Crippen LogP contribution in [0.1, 0.15) is 38.5 Å². The zero-order chi connectivity index (χ0) is 17.8. The van der Waals surface area contributed by atoms with Crippen LogP contribution < -0.4 is 10.6 Å². The van der Waals surface area contributed by atoms with Crippen molar-refractivity contribution in [1.82, 2.24) is 20.4 Å². The van der Waals surface area contributed by atoms with Gasteiger partial charge in [-0.15, -0.1) is 0 Å². The van der Waals surface area contributed by atoms with Crippen LogP contribution in [0.2, 0.25) is 0 Å². The number of likely N-dealkylation sites (tertiary alicyclic amines) is 2. The van der Waals surface area contributed by atoms with E-state index in [1.165, 1.54) is 12.8 Å². The summed E-state index contributed by atoms with van der Waals surface area (Å²) in [5.41, 5.74) is 0. The third kappa shape index (κ3) is 4.01. The maximum absolute atomic E-state index is 13.6. The summed E-state index contributed by atoms with van der Waals surface area (Å²) in [6.45, 7) is 6.75. The lowest BCUT2D eigenvalue weighted by atomic mass is 9.94. The van der Waals surface area contributed by atoms with E-state index in [1.807, 2.05) is 0 Å². The van der Waals surface area contributed by atoms with E-state index in [1.54, 1.807) is 0 Å². The van der Waals surface area contributed by atoms with Gasteiger partial charge in [-0.3, -0.25) is 0 Å². The highest BCUT2D eigenvalue weighted by Crippen LogP contribution is 2.28. The Labute approximate surface area is 156 Å². The summed E-state index contributed by atoms with van der Waals surface area (Å²) in [6.07, 6.45) is 6.94. The Kier molecular flexibility index (Phi) is 6.30. The van der Waals surface area contributed by atoms with Crippen molar-refractivity contribution in [2.75, 3.05) is 52.5 Å². The largest absolute Gasteiger partial charge is 0.373 e. The quantitative estimate of drug-likeness (QED) is 0.757. The van der Waals surface area contributed by atoms with Gasteiger partial charge in [0, 0.05) is 39.3 Å². The van der Waals surface area contributed by atoms with Crippen LogP contribution >= 0.6 is 0 Å². The number of nitrogens with zero attached hydrogens (tertiary/aromatic N) is 2. The predicted molar refractivity (Wildman–Crippen MR) is 99.3 cm³/mol. The molecule has 7 heteroatoms. The molecule has 0 aromatic heterocycles. The van der Waals surface area contributed by atoms with E-state index in [4.69, 9.17) is 9.47 Å². The summed E-state index contributed by atoms with van der Waals surface area (Å²) in [6, 6.07) is 0.622. The first-order valence-electron chi connectivity index (χ1n) is 10.6. The van der Waals surface area contributed by atoms with Gasteiger partial charge >= 0.3 is 6.03 Å². The van der Waals surface area contributed by atoms with Gasteiger partial charge in [-0.2, -0.15) is 0 Å². The van der Waals surface area contributed by atoms with Gasteiger partial charge in [-0.25, -0.2) is 4.79 Å². The fourth-order valence-electron chi connectivity index (χ4n) is 4.99. The van der Waals surface area contributed by atoms with Gasteiger partial charge < -0.3 is 29.9 Å². The number of rotatable bonds is 2. The smallest absolute Gasteiger partial charge is 0.320 e. The second-order valence-electron chi connectivity index (χ2n) is 8.02. The van der Waals surface area contributed by atoms with Crippen molar-refractivity contribution in [3.05, 3.63) is 0 Å². The average Bonchev–Trinajstić information content (AvgIpc) is 2.74. The molecular formula is C19H34N4O3. The summed E-state index contributed by atoms with van der Waals surface area (Å²) in [4.78, 5) is 17.8. The molecular weight excluding hydrogens is 332 g/mol. The van der Waals surface area contributed by atoms with E-state index < -0.39 is 0 Å². The molecule has 7 nitrogen and oxygen atoms in total. The third-order valence-electron chi connectivity index (χ3n) is 6.36. The number of carbonyl (C=O) groups is 1. The Morgan fingerprint density at radius 1 is 0.769 bits per heavy atom. The molecule has 0 spiro atoms. The zero-order valence-corrected chi connectivity index (χ0v) is 15.8. The molecule has 2 amide bonds. The molecule has 0 saturated carbocycles. The maximum Gasteiger partial charge on any atom is 0.320 e. The summed E-state index contributed by atoms with van der Waals surface area (Å²) in [7, 11) is 0. The van der Waals surface area contributed by atoms with Crippen LogP contribution in [-0.2, 0) is 9.47 Å². The molecule has 4 aliphatic heterocycles. The Morgan fingerprint density at radius 2 is 1.27 bits per heavy atom. The highest BCUT2D eigenvalue weighted by molar-refractivity contribution is 5.75. The molecule has 0 aromatic carbocycles. The van der Waals surface area contributed by atoms with E-state index in [0.29, 0.717) is 0 Å². The minimum Gasteiger partial charge on any atom is -0.373 e. The standard InChI is InChI=1S/C19H34N4O3/c24-19(22-9-3-1-5-15(22)17-13-20-7-11-25-17)23-10-4-2-6-16(23)18-14-21-8-12-26-18/h15-18,20-21H,1-14H2. The molecule has 0 aliphatic carbocycles. The van der Waals surface area contributed by atoms with Crippen LogP contribution in [0.5, 0.6) is 0 Å². The summed E-state index contributed by atoms with van der Waals surface area (Å²) in [5.74, 6) is 0. The van der Waals surface area contributed by atoms with Crippen molar-refractivity contribution < 1.29 is 14.3 Å². The van der Waals surface area contributed by atoms with Crippen LogP contribution in [-0.4, -0.2) is 92.6 Å². The molecule has 4 atom stereocenters. The number of amides is 2. The molecule has 0 aromatic rings. The molecule has 148 valence electrons. The SMILES string of the molecule is O=C(N1CCCCC1C1CNCCO1)N1CCCCC1C1CNCCO1. The van der Waals surface area contributed by atoms with Gasteiger partial charge in [0.15, 0.2) is 0 Å². The van der Waals surface area contributed by atoms with E-state index in [-0.39, 0.29) is 30.3 Å². The number of ether oxygens (including phenoxy) is 2. The monoisotopic (exact) mass is 366 g/mol. The number of piperidine rings is 2. The van der Waals surface area contributed by atoms with Crippen molar-refractivity contribution in [3.63, 3.8) is 0 Å². The predicted octanol–water partition coefficient (Wildman–Crippen LogP) is 0.792. The number of carbonyl (C=O) groups excluding carboxylic acids is 1. The Bertz CT molecular complexity index is 426. The Balaban J connectivity index is 1.47. The molecule has 2 N–H and O–H groups in total. The van der Waals surface area contributed by atoms with Crippen LogP contribution in [0.4, 0.5) is 4.79 Å². The fourth-order valence-corrected chi connectivity index (χ4v) is 4.99. The number of hydrogen-bond acceptors (Lipinski definition) is 5. The van der Waals surface area contributed by atoms with Crippen LogP contribution in [0, 0.1) is 0 Å². The molecule has 4 heterocycles. The van der Waals surface area contributed by atoms with Crippen LogP contribution in [0.15, 0.2) is 0 Å². The van der Waals surface area contributed by atoms with Gasteiger partial charge in [0.05, 0.1) is 37.5 Å². The lowest BCUT2D eigenvalue weighted by Crippen LogP contribution is -2.62. The van der Waals surface area contributed by atoms with Gasteiger partial charge in [0.1, 0.15) is 0 Å². The highest BCUT2D eigenvalue weighted by atomic mass is 16.5. The Hall–Kier alpha value is -0.890. The minimum absolute atomic E-state index is 0.129. The summed E-state index contributed by atoms with van der Waals surface area (Å²) >= 11 is 0. The summed E-state index contributed by atoms with van der Waals surface area (Å²) < 4.78 is 12.0. The first kappa shape index (κ1) is 18.5. The first-order valence-corrected chi connectivity index (χ1v) is 10.6. The molecule has 4 aliphatic rings. The van der Waals surface area contributed by atoms with E-state index in [9.17, 15) is 4.79 Å². The Morgan fingerprint density at radius 3 is 1.69 bits per heavy atom. The van der Waals surface area contributed by atoms with Crippen molar-refractivity contribution in [2.24, 2.45) is 0 Å². The van der Waals surface area contributed by atoms with Crippen LogP contribution in [0.25, 0.3) is 0 Å². The molecule has 4 unspecified atom stereocenters. The van der Waals surface area contributed by atoms with Gasteiger partial charge in [-0.1, -0.05) is 0 Å². The van der Waals surface area contributed by atoms with Crippen molar-refractivity contribution >= 4 is 6.03 Å². The number of hydrogen-bond donors (Lipinski definition) is 2. The molecule has 0 bridgehead atoms. The molecule has 26 heavy (non-hydrogen) atoms.